The second-order valence-electron chi connectivity index (χ2n) is 4.13. The van der Waals surface area contributed by atoms with Crippen molar-refractivity contribution in [1.29, 1.82) is 0 Å². The Morgan fingerprint density at radius 3 is 3.06 bits per heavy atom. The Morgan fingerprint density at radius 1 is 1.41 bits per heavy atom. The molecule has 2 aromatic rings. The standard InChI is InChI=1S/C12H13N3O2/c1-8-6-9(17-15-8)7-13-12-14-10-4-2-3-5-11(10)16-12/h2-5,9H,6-7H2,1H3,(H,13,14). The number of aromatic nitrogens is 1. The molecule has 0 radical (unpaired) electrons. The SMILES string of the molecule is CC1=NOC(CNc2nc3ccccc3o2)C1. The minimum absolute atomic E-state index is 0.0741. The monoisotopic (exact) mass is 231 g/mol. The number of para-hydroxylation sites is 2. The van der Waals surface area contributed by atoms with Crippen LogP contribution in [0.3, 0.4) is 0 Å². The lowest BCUT2D eigenvalue weighted by Crippen LogP contribution is -2.19. The molecule has 88 valence electrons. The summed E-state index contributed by atoms with van der Waals surface area (Å²) < 4.78 is 5.54. The Hall–Kier alpha value is -2.04. The van der Waals surface area contributed by atoms with Crippen LogP contribution in [0.15, 0.2) is 33.8 Å². The highest BCUT2D eigenvalue weighted by atomic mass is 16.6. The Kier molecular flexibility index (Phi) is 2.44. The van der Waals surface area contributed by atoms with Gasteiger partial charge in [-0.05, 0) is 19.1 Å². The van der Waals surface area contributed by atoms with E-state index in [0.717, 1.165) is 23.2 Å². The Labute approximate surface area is 98.5 Å². The summed E-state index contributed by atoms with van der Waals surface area (Å²) in [6.45, 7) is 2.60. The molecule has 1 aromatic heterocycles. The summed E-state index contributed by atoms with van der Waals surface area (Å²) in [7, 11) is 0. The molecule has 1 atom stereocenters. The predicted molar refractivity (Wildman–Crippen MR) is 65.1 cm³/mol. The number of anilines is 1. The van der Waals surface area contributed by atoms with Crippen molar-refractivity contribution in [3.8, 4) is 0 Å². The third-order valence-corrected chi connectivity index (χ3v) is 2.66. The lowest BCUT2D eigenvalue weighted by atomic mass is 10.2. The number of nitrogens with zero attached hydrogens (tertiary/aromatic N) is 2. The van der Waals surface area contributed by atoms with Crippen LogP contribution in [0.4, 0.5) is 6.01 Å². The third-order valence-electron chi connectivity index (χ3n) is 2.66. The minimum Gasteiger partial charge on any atom is -0.424 e. The fraction of sp³-hybridized carbons (Fsp3) is 0.333. The normalized spacial score (nSPS) is 19.1. The quantitative estimate of drug-likeness (QED) is 0.881. The molecule has 0 spiro atoms. The summed E-state index contributed by atoms with van der Waals surface area (Å²) in [6.07, 6.45) is 0.928. The lowest BCUT2D eigenvalue weighted by molar-refractivity contribution is 0.0945. The van der Waals surface area contributed by atoms with Crippen molar-refractivity contribution in [2.24, 2.45) is 5.16 Å². The van der Waals surface area contributed by atoms with Gasteiger partial charge >= 0.3 is 0 Å². The van der Waals surface area contributed by atoms with Gasteiger partial charge in [-0.15, -0.1) is 0 Å². The third kappa shape index (κ3) is 2.08. The van der Waals surface area contributed by atoms with Gasteiger partial charge < -0.3 is 14.6 Å². The fourth-order valence-electron chi connectivity index (χ4n) is 1.83. The van der Waals surface area contributed by atoms with Crippen LogP contribution in [-0.2, 0) is 4.84 Å². The van der Waals surface area contributed by atoms with E-state index in [1.54, 1.807) is 0 Å². The van der Waals surface area contributed by atoms with Crippen molar-refractivity contribution in [1.82, 2.24) is 4.98 Å². The zero-order chi connectivity index (χ0) is 11.7. The second-order valence-corrected chi connectivity index (χ2v) is 4.13. The maximum atomic E-state index is 5.54. The van der Waals surface area contributed by atoms with Gasteiger partial charge in [-0.3, -0.25) is 0 Å². The molecule has 0 saturated carbocycles. The molecule has 1 N–H and O–H groups in total. The zero-order valence-corrected chi connectivity index (χ0v) is 9.51. The van der Waals surface area contributed by atoms with Crippen LogP contribution >= 0.6 is 0 Å². The van der Waals surface area contributed by atoms with E-state index in [2.05, 4.69) is 15.5 Å². The highest BCUT2D eigenvalue weighted by Gasteiger charge is 2.18. The van der Waals surface area contributed by atoms with Gasteiger partial charge in [0.05, 0.1) is 12.3 Å². The minimum atomic E-state index is 0.0741. The Bertz CT molecular complexity index is 529. The number of oxazole rings is 1. The summed E-state index contributed by atoms with van der Waals surface area (Å²) in [6, 6.07) is 8.20. The Balaban J connectivity index is 1.65. The molecule has 17 heavy (non-hydrogen) atoms. The lowest BCUT2D eigenvalue weighted by Gasteiger charge is -2.07. The van der Waals surface area contributed by atoms with E-state index >= 15 is 0 Å². The molecule has 1 aliphatic rings. The van der Waals surface area contributed by atoms with E-state index in [4.69, 9.17) is 9.25 Å². The first kappa shape index (κ1) is 10.1. The van der Waals surface area contributed by atoms with Gasteiger partial charge in [0, 0.05) is 6.42 Å². The van der Waals surface area contributed by atoms with Crippen molar-refractivity contribution in [2.75, 3.05) is 11.9 Å². The van der Waals surface area contributed by atoms with E-state index in [9.17, 15) is 0 Å². The average Bonchev–Trinajstić information content (AvgIpc) is 2.91. The largest absolute Gasteiger partial charge is 0.424 e. The molecule has 1 aromatic carbocycles. The van der Waals surface area contributed by atoms with Gasteiger partial charge in [0.2, 0.25) is 0 Å². The van der Waals surface area contributed by atoms with Crippen molar-refractivity contribution >= 4 is 22.8 Å². The predicted octanol–water partition coefficient (Wildman–Crippen LogP) is 2.40. The molecule has 0 aliphatic carbocycles. The van der Waals surface area contributed by atoms with E-state index in [0.29, 0.717) is 12.6 Å². The molecule has 1 aliphatic heterocycles. The number of oxime groups is 1. The number of benzene rings is 1. The first-order valence-corrected chi connectivity index (χ1v) is 5.60. The number of hydrogen-bond donors (Lipinski definition) is 1. The molecule has 5 nitrogen and oxygen atoms in total. The van der Waals surface area contributed by atoms with Gasteiger partial charge in [0.15, 0.2) is 5.58 Å². The van der Waals surface area contributed by atoms with E-state index in [1.165, 1.54) is 0 Å². The first-order valence-electron chi connectivity index (χ1n) is 5.60. The molecular weight excluding hydrogens is 218 g/mol. The van der Waals surface area contributed by atoms with Gasteiger partial charge in [-0.2, -0.15) is 4.98 Å². The van der Waals surface area contributed by atoms with Gasteiger partial charge in [0.25, 0.3) is 6.01 Å². The van der Waals surface area contributed by atoms with Gasteiger partial charge in [-0.25, -0.2) is 0 Å². The van der Waals surface area contributed by atoms with Gasteiger partial charge in [0.1, 0.15) is 11.6 Å². The molecular formula is C12H13N3O2. The van der Waals surface area contributed by atoms with E-state index < -0.39 is 0 Å². The molecule has 0 saturated heterocycles. The van der Waals surface area contributed by atoms with E-state index in [1.807, 2.05) is 31.2 Å². The number of nitrogens with one attached hydrogen (secondary N) is 1. The molecule has 5 heteroatoms. The van der Waals surface area contributed by atoms with Crippen molar-refractivity contribution in [3.05, 3.63) is 24.3 Å². The summed E-state index contributed by atoms with van der Waals surface area (Å²) in [4.78, 5) is 9.54. The number of rotatable bonds is 3. The van der Waals surface area contributed by atoms with Crippen LogP contribution < -0.4 is 5.32 Å². The summed E-state index contributed by atoms with van der Waals surface area (Å²) in [5.41, 5.74) is 2.67. The summed E-state index contributed by atoms with van der Waals surface area (Å²) in [5, 5.41) is 7.02. The number of hydrogen-bond acceptors (Lipinski definition) is 5. The summed E-state index contributed by atoms with van der Waals surface area (Å²) >= 11 is 0. The fourth-order valence-corrected chi connectivity index (χ4v) is 1.83. The highest BCUT2D eigenvalue weighted by molar-refractivity contribution is 5.82. The molecule has 3 rings (SSSR count). The molecule has 0 bridgehead atoms. The van der Waals surface area contributed by atoms with Crippen LogP contribution in [0.1, 0.15) is 13.3 Å². The van der Waals surface area contributed by atoms with E-state index in [-0.39, 0.29) is 6.10 Å². The van der Waals surface area contributed by atoms with Gasteiger partial charge in [-0.1, -0.05) is 17.3 Å². The number of fused-ring (bicyclic) bond motifs is 1. The smallest absolute Gasteiger partial charge is 0.295 e. The zero-order valence-electron chi connectivity index (χ0n) is 9.51. The van der Waals surface area contributed by atoms with Crippen molar-refractivity contribution in [2.45, 2.75) is 19.4 Å². The second kappa shape index (κ2) is 4.08. The molecule has 1 unspecified atom stereocenters. The van der Waals surface area contributed by atoms with Crippen molar-refractivity contribution < 1.29 is 9.25 Å². The van der Waals surface area contributed by atoms with Crippen LogP contribution in [-0.4, -0.2) is 23.3 Å². The topological polar surface area (TPSA) is 59.6 Å². The Morgan fingerprint density at radius 2 is 2.29 bits per heavy atom. The highest BCUT2D eigenvalue weighted by Crippen LogP contribution is 2.18. The van der Waals surface area contributed by atoms with Crippen LogP contribution in [0.25, 0.3) is 11.1 Å². The van der Waals surface area contributed by atoms with Crippen LogP contribution in [0.5, 0.6) is 0 Å². The maximum Gasteiger partial charge on any atom is 0.295 e. The summed E-state index contributed by atoms with van der Waals surface area (Å²) in [5.74, 6) is 0. The maximum absolute atomic E-state index is 5.54. The molecule has 0 amide bonds. The van der Waals surface area contributed by atoms with Crippen LogP contribution in [0.2, 0.25) is 0 Å². The van der Waals surface area contributed by atoms with Crippen LogP contribution in [0, 0.1) is 0 Å². The first-order chi connectivity index (χ1) is 8.31. The van der Waals surface area contributed by atoms with Crippen molar-refractivity contribution in [3.63, 3.8) is 0 Å². The average molecular weight is 231 g/mol. The molecule has 2 heterocycles. The molecule has 0 fully saturated rings.